The Bertz CT molecular complexity index is 1640. The van der Waals surface area contributed by atoms with Crippen LogP contribution in [0.3, 0.4) is 0 Å². The predicted octanol–water partition coefficient (Wildman–Crippen LogP) is 8.16. The topological polar surface area (TPSA) is 55.4 Å². The van der Waals surface area contributed by atoms with Crippen molar-refractivity contribution in [3.05, 3.63) is 166 Å². The van der Waals surface area contributed by atoms with Gasteiger partial charge in [-0.25, -0.2) is 0 Å². The average Bonchev–Trinajstić information content (AvgIpc) is 3.02. The number of ether oxygens (including phenoxy) is 1. The van der Waals surface area contributed by atoms with Crippen molar-refractivity contribution in [2.24, 2.45) is 0 Å². The average molecular weight is 538 g/mol. The van der Waals surface area contributed by atoms with Crippen LogP contribution in [-0.4, -0.2) is 11.7 Å². The zero-order valence-corrected chi connectivity index (χ0v) is 22.9. The number of carbonyl (C=O) groups is 2. The van der Waals surface area contributed by atoms with Gasteiger partial charge in [0.2, 0.25) is 5.91 Å². The highest BCUT2D eigenvalue weighted by molar-refractivity contribution is 6.14. The first-order chi connectivity index (χ1) is 20.0. The minimum Gasteiger partial charge on any atom is -0.489 e. The zero-order valence-electron chi connectivity index (χ0n) is 22.9. The number of nitrogens with one attached hydrogen (secondary N) is 1. The normalized spacial score (nSPS) is 10.9. The molecule has 0 fully saturated rings. The molecule has 5 aromatic rings. The van der Waals surface area contributed by atoms with E-state index in [1.54, 1.807) is 18.2 Å². The van der Waals surface area contributed by atoms with Gasteiger partial charge in [-0.15, -0.1) is 0 Å². The van der Waals surface area contributed by atoms with Gasteiger partial charge in [0.15, 0.2) is 5.78 Å². The molecule has 4 nitrogen and oxygen atoms in total. The highest BCUT2D eigenvalue weighted by Gasteiger charge is 2.16. The molecule has 1 N–H and O–H groups in total. The van der Waals surface area contributed by atoms with Crippen LogP contribution in [-0.2, 0) is 17.8 Å². The van der Waals surface area contributed by atoms with Crippen LogP contribution in [0.25, 0.3) is 12.2 Å². The van der Waals surface area contributed by atoms with Gasteiger partial charge in [0.1, 0.15) is 12.4 Å². The van der Waals surface area contributed by atoms with E-state index in [4.69, 9.17) is 4.74 Å². The maximum Gasteiger partial charge on any atom is 0.228 e. The Morgan fingerprint density at radius 2 is 1.32 bits per heavy atom. The first kappa shape index (κ1) is 27.4. The third kappa shape index (κ3) is 7.68. The molecule has 0 saturated heterocycles. The van der Waals surface area contributed by atoms with Crippen molar-refractivity contribution in [3.8, 4) is 5.75 Å². The Kier molecular flexibility index (Phi) is 8.82. The fraction of sp³-hybridized carbons (Fsp3) is 0.0811. The molecule has 0 aliphatic rings. The Hall–Kier alpha value is -5.22. The summed E-state index contributed by atoms with van der Waals surface area (Å²) in [5.41, 5.74) is 6.53. The highest BCUT2D eigenvalue weighted by atomic mass is 16.5. The molecule has 0 spiro atoms. The largest absolute Gasteiger partial charge is 0.489 e. The fourth-order valence-electron chi connectivity index (χ4n) is 4.40. The molecule has 0 unspecified atom stereocenters. The van der Waals surface area contributed by atoms with Crippen LogP contribution in [0.2, 0.25) is 0 Å². The van der Waals surface area contributed by atoms with Crippen molar-refractivity contribution in [1.82, 2.24) is 0 Å². The molecule has 0 aromatic heterocycles. The van der Waals surface area contributed by atoms with E-state index in [0.717, 1.165) is 33.6 Å². The first-order valence-electron chi connectivity index (χ1n) is 13.6. The van der Waals surface area contributed by atoms with Crippen molar-refractivity contribution in [2.75, 3.05) is 5.32 Å². The van der Waals surface area contributed by atoms with E-state index in [2.05, 4.69) is 5.32 Å². The van der Waals surface area contributed by atoms with Crippen molar-refractivity contribution < 1.29 is 14.3 Å². The van der Waals surface area contributed by atoms with Gasteiger partial charge in [-0.1, -0.05) is 121 Å². The lowest BCUT2D eigenvalue weighted by Gasteiger charge is -2.12. The van der Waals surface area contributed by atoms with E-state index >= 15 is 0 Å². The first-order valence-corrected chi connectivity index (χ1v) is 13.6. The summed E-state index contributed by atoms with van der Waals surface area (Å²) in [7, 11) is 0. The standard InChI is InChI=1S/C37H31NO3/c1-27-12-14-30(15-13-27)25-36(39)38-35-23-20-29(24-34(35)37(40)32-10-6-3-7-11-32)17-16-28-18-21-33(22-19-28)41-26-31-8-4-2-5-9-31/h2-24H,25-26H2,1H3,(H,38,39)/b17-16+. The Balaban J connectivity index is 1.32. The summed E-state index contributed by atoms with van der Waals surface area (Å²) in [6.07, 6.45) is 4.17. The minimum absolute atomic E-state index is 0.147. The molecule has 1 amide bonds. The lowest BCUT2D eigenvalue weighted by molar-refractivity contribution is -0.115. The van der Waals surface area contributed by atoms with Crippen LogP contribution in [0.4, 0.5) is 5.69 Å². The van der Waals surface area contributed by atoms with E-state index in [1.807, 2.05) is 128 Å². The molecular formula is C37H31NO3. The number of ketones is 1. The van der Waals surface area contributed by atoms with Gasteiger partial charge < -0.3 is 10.1 Å². The third-order valence-corrected chi connectivity index (χ3v) is 6.68. The summed E-state index contributed by atoms with van der Waals surface area (Å²) < 4.78 is 5.89. The second-order valence-electron chi connectivity index (χ2n) is 9.89. The predicted molar refractivity (Wildman–Crippen MR) is 166 cm³/mol. The molecule has 0 radical (unpaired) electrons. The quantitative estimate of drug-likeness (QED) is 0.144. The fourth-order valence-corrected chi connectivity index (χ4v) is 4.40. The second kappa shape index (κ2) is 13.2. The van der Waals surface area contributed by atoms with Gasteiger partial charge in [0.25, 0.3) is 0 Å². The number of hydrogen-bond acceptors (Lipinski definition) is 3. The van der Waals surface area contributed by atoms with Crippen molar-refractivity contribution in [1.29, 1.82) is 0 Å². The molecule has 0 heterocycles. The number of anilines is 1. The summed E-state index contributed by atoms with van der Waals surface area (Å²) in [6, 6.07) is 40.4. The van der Waals surface area contributed by atoms with Crippen molar-refractivity contribution in [2.45, 2.75) is 20.0 Å². The maximum atomic E-state index is 13.5. The van der Waals surface area contributed by atoms with Crippen LogP contribution < -0.4 is 10.1 Å². The second-order valence-corrected chi connectivity index (χ2v) is 9.89. The summed E-state index contributed by atoms with van der Waals surface area (Å²) in [4.78, 5) is 26.4. The molecule has 0 saturated carbocycles. The number of rotatable bonds is 10. The molecule has 0 bridgehead atoms. The monoisotopic (exact) mass is 537 g/mol. The lowest BCUT2D eigenvalue weighted by Crippen LogP contribution is -2.17. The SMILES string of the molecule is Cc1ccc(CC(=O)Nc2ccc(/C=C/c3ccc(OCc4ccccc4)cc3)cc2C(=O)c2ccccc2)cc1. The number of aryl methyl sites for hydroxylation is 1. The van der Waals surface area contributed by atoms with Crippen molar-refractivity contribution >= 4 is 29.5 Å². The lowest BCUT2D eigenvalue weighted by atomic mass is 9.98. The number of hydrogen-bond donors (Lipinski definition) is 1. The summed E-state index contributed by atoms with van der Waals surface area (Å²) in [5, 5.41) is 2.96. The summed E-state index contributed by atoms with van der Waals surface area (Å²) in [5.74, 6) is 0.479. The third-order valence-electron chi connectivity index (χ3n) is 6.68. The van der Waals surface area contributed by atoms with Crippen LogP contribution in [0.1, 0.15) is 43.7 Å². The minimum atomic E-state index is -0.172. The molecule has 5 aromatic carbocycles. The van der Waals surface area contributed by atoms with Crippen molar-refractivity contribution in [3.63, 3.8) is 0 Å². The smallest absolute Gasteiger partial charge is 0.228 e. The zero-order chi connectivity index (χ0) is 28.4. The molecule has 5 rings (SSSR count). The molecule has 0 aliphatic heterocycles. The Morgan fingerprint density at radius 1 is 0.683 bits per heavy atom. The van der Waals surface area contributed by atoms with Crippen LogP contribution in [0, 0.1) is 6.92 Å². The molecule has 4 heteroatoms. The van der Waals surface area contributed by atoms with Gasteiger partial charge in [-0.3, -0.25) is 9.59 Å². The van der Waals surface area contributed by atoms with Gasteiger partial charge >= 0.3 is 0 Å². The number of carbonyl (C=O) groups excluding carboxylic acids is 2. The molecule has 0 aliphatic carbocycles. The molecule has 202 valence electrons. The van der Waals surface area contributed by atoms with E-state index in [-0.39, 0.29) is 18.1 Å². The van der Waals surface area contributed by atoms with Gasteiger partial charge in [0.05, 0.1) is 12.1 Å². The van der Waals surface area contributed by atoms with E-state index in [9.17, 15) is 9.59 Å². The van der Waals surface area contributed by atoms with E-state index in [0.29, 0.717) is 23.4 Å². The van der Waals surface area contributed by atoms with E-state index in [1.165, 1.54) is 0 Å². The van der Waals surface area contributed by atoms with Gasteiger partial charge in [-0.2, -0.15) is 0 Å². The molecule has 0 atom stereocenters. The number of benzene rings is 5. The summed E-state index contributed by atoms with van der Waals surface area (Å²) in [6.45, 7) is 2.53. The van der Waals surface area contributed by atoms with Crippen LogP contribution in [0.15, 0.2) is 127 Å². The van der Waals surface area contributed by atoms with Gasteiger partial charge in [0, 0.05) is 11.1 Å². The van der Waals surface area contributed by atoms with Crippen LogP contribution >= 0.6 is 0 Å². The highest BCUT2D eigenvalue weighted by Crippen LogP contribution is 2.24. The van der Waals surface area contributed by atoms with E-state index < -0.39 is 0 Å². The maximum absolute atomic E-state index is 13.5. The molecule has 41 heavy (non-hydrogen) atoms. The van der Waals surface area contributed by atoms with Gasteiger partial charge in [-0.05, 0) is 53.4 Å². The Labute approximate surface area is 241 Å². The van der Waals surface area contributed by atoms with Crippen LogP contribution in [0.5, 0.6) is 5.75 Å². The number of amides is 1. The Morgan fingerprint density at radius 3 is 2.02 bits per heavy atom. The summed E-state index contributed by atoms with van der Waals surface area (Å²) >= 11 is 0. The molecular weight excluding hydrogens is 506 g/mol.